The highest BCUT2D eigenvalue weighted by Crippen LogP contribution is 2.04. The summed E-state index contributed by atoms with van der Waals surface area (Å²) in [4.78, 5) is 0. The van der Waals surface area contributed by atoms with Crippen LogP contribution in [0.25, 0.3) is 0 Å². The standard InChI is InChI=1S/C12H17BrO2/c13-8-4-7-12(14)10-15-9-11-5-2-1-3-6-11/h1-3,5-6,12,14H,4,7-10H2/t12-/m0/s1. The Morgan fingerprint density at radius 3 is 2.67 bits per heavy atom. The molecule has 15 heavy (non-hydrogen) atoms. The Morgan fingerprint density at radius 1 is 1.27 bits per heavy atom. The van der Waals surface area contributed by atoms with Crippen LogP contribution < -0.4 is 0 Å². The average Bonchev–Trinajstić information content (AvgIpc) is 2.28. The van der Waals surface area contributed by atoms with Gasteiger partial charge in [-0.25, -0.2) is 0 Å². The van der Waals surface area contributed by atoms with Crippen LogP contribution in [0.3, 0.4) is 0 Å². The largest absolute Gasteiger partial charge is 0.391 e. The molecule has 0 heterocycles. The van der Waals surface area contributed by atoms with Crippen molar-refractivity contribution in [3.63, 3.8) is 0 Å². The minimum atomic E-state index is -0.341. The number of hydrogen-bond donors (Lipinski definition) is 1. The number of halogens is 1. The number of aliphatic hydroxyl groups excluding tert-OH is 1. The zero-order valence-corrected chi connectivity index (χ0v) is 10.3. The van der Waals surface area contributed by atoms with Crippen molar-refractivity contribution < 1.29 is 9.84 Å². The Morgan fingerprint density at radius 2 is 2.00 bits per heavy atom. The lowest BCUT2D eigenvalue weighted by Gasteiger charge is -2.10. The quantitative estimate of drug-likeness (QED) is 0.774. The summed E-state index contributed by atoms with van der Waals surface area (Å²) in [5, 5.41) is 10.4. The van der Waals surface area contributed by atoms with Gasteiger partial charge in [0.05, 0.1) is 19.3 Å². The van der Waals surface area contributed by atoms with Crippen molar-refractivity contribution in [1.82, 2.24) is 0 Å². The van der Waals surface area contributed by atoms with Crippen LogP contribution in [0.4, 0.5) is 0 Å². The highest BCUT2D eigenvalue weighted by molar-refractivity contribution is 9.09. The molecule has 0 aliphatic heterocycles. The first-order valence-corrected chi connectivity index (χ1v) is 6.31. The Hall–Kier alpha value is -0.380. The van der Waals surface area contributed by atoms with Gasteiger partial charge >= 0.3 is 0 Å². The SMILES string of the molecule is O[C@@H](CCCBr)COCc1ccccc1. The Balaban J connectivity index is 2.11. The summed E-state index contributed by atoms with van der Waals surface area (Å²) in [5.41, 5.74) is 1.14. The number of rotatable bonds is 7. The monoisotopic (exact) mass is 272 g/mol. The zero-order chi connectivity index (χ0) is 10.9. The molecule has 0 spiro atoms. The van der Waals surface area contributed by atoms with E-state index in [0.717, 1.165) is 23.7 Å². The molecule has 0 aromatic heterocycles. The number of alkyl halides is 1. The Labute approximate surface area is 99.4 Å². The second-order valence-electron chi connectivity index (χ2n) is 3.49. The summed E-state index contributed by atoms with van der Waals surface area (Å²) in [6.07, 6.45) is 1.43. The summed E-state index contributed by atoms with van der Waals surface area (Å²) in [6, 6.07) is 9.99. The van der Waals surface area contributed by atoms with Gasteiger partial charge in [0.2, 0.25) is 0 Å². The molecule has 0 aliphatic rings. The second kappa shape index (κ2) is 7.85. The van der Waals surface area contributed by atoms with Crippen molar-refractivity contribution in [2.24, 2.45) is 0 Å². The van der Waals surface area contributed by atoms with Gasteiger partial charge in [0.1, 0.15) is 0 Å². The molecule has 3 heteroatoms. The first-order valence-electron chi connectivity index (χ1n) is 5.18. The third-order valence-corrected chi connectivity index (χ3v) is 2.65. The summed E-state index contributed by atoms with van der Waals surface area (Å²) in [6.45, 7) is 0.994. The van der Waals surface area contributed by atoms with E-state index < -0.39 is 0 Å². The molecular formula is C12H17BrO2. The van der Waals surface area contributed by atoms with Crippen molar-refractivity contribution in [2.75, 3.05) is 11.9 Å². The normalized spacial score (nSPS) is 12.7. The van der Waals surface area contributed by atoms with Crippen LogP contribution >= 0.6 is 15.9 Å². The van der Waals surface area contributed by atoms with E-state index in [1.165, 1.54) is 0 Å². The van der Waals surface area contributed by atoms with Crippen molar-refractivity contribution >= 4 is 15.9 Å². The summed E-state index contributed by atoms with van der Waals surface area (Å²) >= 11 is 3.33. The Bertz CT molecular complexity index is 251. The number of benzene rings is 1. The predicted molar refractivity (Wildman–Crippen MR) is 65.1 cm³/mol. The van der Waals surface area contributed by atoms with Gasteiger partial charge in [0.15, 0.2) is 0 Å². The molecule has 0 saturated carbocycles. The van der Waals surface area contributed by atoms with Crippen LogP contribution in [-0.4, -0.2) is 23.1 Å². The highest BCUT2D eigenvalue weighted by atomic mass is 79.9. The maximum Gasteiger partial charge on any atom is 0.0774 e. The van der Waals surface area contributed by atoms with Crippen molar-refractivity contribution in [1.29, 1.82) is 0 Å². The molecule has 0 aliphatic carbocycles. The third-order valence-electron chi connectivity index (χ3n) is 2.09. The summed E-state index contributed by atoms with van der Waals surface area (Å²) < 4.78 is 5.41. The van der Waals surface area contributed by atoms with E-state index in [1.807, 2.05) is 30.3 Å². The maximum atomic E-state index is 9.51. The van der Waals surface area contributed by atoms with E-state index in [9.17, 15) is 5.11 Å². The fourth-order valence-electron chi connectivity index (χ4n) is 1.28. The average molecular weight is 273 g/mol. The van der Waals surface area contributed by atoms with Crippen LogP contribution in [0.15, 0.2) is 30.3 Å². The van der Waals surface area contributed by atoms with E-state index in [1.54, 1.807) is 0 Å². The lowest BCUT2D eigenvalue weighted by molar-refractivity contribution is 0.0244. The molecular weight excluding hydrogens is 256 g/mol. The molecule has 0 bridgehead atoms. The van der Waals surface area contributed by atoms with Gasteiger partial charge in [-0.2, -0.15) is 0 Å². The van der Waals surface area contributed by atoms with Crippen molar-refractivity contribution in [2.45, 2.75) is 25.6 Å². The topological polar surface area (TPSA) is 29.5 Å². The van der Waals surface area contributed by atoms with Crippen LogP contribution in [0.5, 0.6) is 0 Å². The lowest BCUT2D eigenvalue weighted by Crippen LogP contribution is -2.15. The van der Waals surface area contributed by atoms with Gasteiger partial charge in [0, 0.05) is 5.33 Å². The zero-order valence-electron chi connectivity index (χ0n) is 8.73. The lowest BCUT2D eigenvalue weighted by atomic mass is 10.2. The molecule has 1 aromatic rings. The molecule has 0 unspecified atom stereocenters. The second-order valence-corrected chi connectivity index (χ2v) is 4.28. The first-order chi connectivity index (χ1) is 7.33. The van der Waals surface area contributed by atoms with Gasteiger partial charge in [0.25, 0.3) is 0 Å². The molecule has 1 atom stereocenters. The van der Waals surface area contributed by atoms with Gasteiger partial charge in [-0.3, -0.25) is 0 Å². The molecule has 1 N–H and O–H groups in total. The molecule has 0 fully saturated rings. The highest BCUT2D eigenvalue weighted by Gasteiger charge is 2.03. The van der Waals surface area contributed by atoms with Crippen LogP contribution in [0.2, 0.25) is 0 Å². The third kappa shape index (κ3) is 5.92. The number of hydrogen-bond acceptors (Lipinski definition) is 2. The van der Waals surface area contributed by atoms with Crippen LogP contribution in [0.1, 0.15) is 18.4 Å². The number of ether oxygens (including phenoxy) is 1. The first kappa shape index (κ1) is 12.7. The van der Waals surface area contributed by atoms with Gasteiger partial charge < -0.3 is 9.84 Å². The fraction of sp³-hybridized carbons (Fsp3) is 0.500. The Kier molecular flexibility index (Phi) is 6.64. The van der Waals surface area contributed by atoms with Gasteiger partial charge in [-0.1, -0.05) is 46.3 Å². The summed E-state index contributed by atoms with van der Waals surface area (Å²) in [5.74, 6) is 0. The van der Waals surface area contributed by atoms with E-state index in [-0.39, 0.29) is 6.10 Å². The van der Waals surface area contributed by atoms with E-state index >= 15 is 0 Å². The molecule has 1 aromatic carbocycles. The van der Waals surface area contributed by atoms with Crippen LogP contribution in [-0.2, 0) is 11.3 Å². The van der Waals surface area contributed by atoms with Crippen molar-refractivity contribution in [3.05, 3.63) is 35.9 Å². The molecule has 2 nitrogen and oxygen atoms in total. The molecule has 84 valence electrons. The van der Waals surface area contributed by atoms with E-state index in [4.69, 9.17) is 4.74 Å². The van der Waals surface area contributed by atoms with E-state index in [0.29, 0.717) is 13.2 Å². The van der Waals surface area contributed by atoms with E-state index in [2.05, 4.69) is 15.9 Å². The fourth-order valence-corrected chi connectivity index (χ4v) is 1.61. The number of aliphatic hydroxyl groups is 1. The molecule has 1 rings (SSSR count). The minimum absolute atomic E-state index is 0.341. The summed E-state index contributed by atoms with van der Waals surface area (Å²) in [7, 11) is 0. The minimum Gasteiger partial charge on any atom is -0.391 e. The van der Waals surface area contributed by atoms with Gasteiger partial charge in [-0.15, -0.1) is 0 Å². The predicted octanol–water partition coefficient (Wildman–Crippen LogP) is 2.74. The smallest absolute Gasteiger partial charge is 0.0774 e. The van der Waals surface area contributed by atoms with Gasteiger partial charge in [-0.05, 0) is 18.4 Å². The maximum absolute atomic E-state index is 9.51. The molecule has 0 radical (unpaired) electrons. The molecule has 0 saturated heterocycles. The van der Waals surface area contributed by atoms with Crippen molar-refractivity contribution in [3.8, 4) is 0 Å². The van der Waals surface area contributed by atoms with Crippen LogP contribution in [0, 0.1) is 0 Å². The molecule has 0 amide bonds.